The minimum atomic E-state index is -0.0960. The molecule has 0 aromatic carbocycles. The lowest BCUT2D eigenvalue weighted by Gasteiger charge is -2.00. The number of hydrogen-bond acceptors (Lipinski definition) is 3. The number of imidazole rings is 1. The van der Waals surface area contributed by atoms with Gasteiger partial charge < -0.3 is 0 Å². The van der Waals surface area contributed by atoms with Crippen molar-refractivity contribution in [2.75, 3.05) is 0 Å². The summed E-state index contributed by atoms with van der Waals surface area (Å²) in [6, 6.07) is 2.12. The van der Waals surface area contributed by atoms with E-state index in [1.54, 1.807) is 23.0 Å². The summed E-state index contributed by atoms with van der Waals surface area (Å²) in [5.74, 6) is -0.0653. The van der Waals surface area contributed by atoms with E-state index in [4.69, 9.17) is 0 Å². The Morgan fingerprint density at radius 1 is 1.37 bits per heavy atom. The minimum absolute atomic E-state index is 0.0653. The summed E-state index contributed by atoms with van der Waals surface area (Å²) in [4.78, 5) is 24.2. The van der Waals surface area contributed by atoms with E-state index in [-0.39, 0.29) is 18.0 Å². The van der Waals surface area contributed by atoms with Crippen molar-refractivity contribution >= 4 is 49.0 Å². The van der Waals surface area contributed by atoms with Crippen LogP contribution in [0, 0.1) is 0 Å². The Morgan fingerprint density at radius 3 is 2.68 bits per heavy atom. The molecule has 0 spiro atoms. The van der Waals surface area contributed by atoms with Crippen molar-refractivity contribution in [1.29, 1.82) is 0 Å². The van der Waals surface area contributed by atoms with Gasteiger partial charge in [0, 0.05) is 24.0 Å². The third kappa shape index (κ3) is 2.64. The summed E-state index contributed by atoms with van der Waals surface area (Å²) in [5, 5.41) is 0. The van der Waals surface area contributed by atoms with Crippen LogP contribution >= 0.6 is 43.2 Å². The van der Waals surface area contributed by atoms with Crippen molar-refractivity contribution in [3.8, 4) is 0 Å². The summed E-state index contributed by atoms with van der Waals surface area (Å²) < 4.78 is 4.87. The molecule has 4 nitrogen and oxygen atoms in total. The third-order valence-corrected chi connectivity index (χ3v) is 5.42. The van der Waals surface area contributed by atoms with E-state index in [1.165, 1.54) is 15.9 Å². The van der Waals surface area contributed by atoms with E-state index in [1.807, 2.05) is 0 Å². The molecule has 1 aliphatic carbocycles. The van der Waals surface area contributed by atoms with Gasteiger partial charge in [-0.15, -0.1) is 11.3 Å². The molecule has 19 heavy (non-hydrogen) atoms. The molecule has 3 rings (SSSR count). The number of Topliss-reactive ketones (excluding diaryl/α,β-unsaturated/α-hetero) is 1. The highest BCUT2D eigenvalue weighted by molar-refractivity contribution is 9.12. The normalized spacial score (nSPS) is 14.8. The topological polar surface area (TPSA) is 44.0 Å². The minimum Gasteiger partial charge on any atom is -0.296 e. The molecule has 0 saturated heterocycles. The van der Waals surface area contributed by atoms with Crippen LogP contribution in [0.15, 0.2) is 30.8 Å². The van der Waals surface area contributed by atoms with Crippen LogP contribution in [0.5, 0.6) is 0 Å². The number of nitrogens with zero attached hydrogens (tertiary/aromatic N) is 2. The second kappa shape index (κ2) is 5.03. The molecule has 0 unspecified atom stereocenters. The van der Waals surface area contributed by atoms with Crippen LogP contribution in [0.2, 0.25) is 0 Å². The monoisotopic (exact) mass is 404 g/mol. The highest BCUT2D eigenvalue weighted by Gasteiger charge is 2.26. The predicted octanol–water partition coefficient (Wildman–Crippen LogP) is 3.45. The van der Waals surface area contributed by atoms with Crippen LogP contribution in [-0.2, 0) is 6.54 Å². The van der Waals surface area contributed by atoms with Crippen molar-refractivity contribution in [2.24, 2.45) is 0 Å². The van der Waals surface area contributed by atoms with Gasteiger partial charge in [-0.05, 0) is 50.8 Å². The van der Waals surface area contributed by atoms with Gasteiger partial charge in [0.2, 0.25) is 0 Å². The van der Waals surface area contributed by atoms with E-state index < -0.39 is 0 Å². The second-order valence-corrected chi connectivity index (χ2v) is 8.26. The van der Waals surface area contributed by atoms with Crippen molar-refractivity contribution in [2.45, 2.75) is 25.4 Å². The highest BCUT2D eigenvalue weighted by atomic mass is 79.9. The van der Waals surface area contributed by atoms with E-state index in [0.717, 1.165) is 20.4 Å². The molecule has 1 fully saturated rings. The Morgan fingerprint density at radius 2 is 2.11 bits per heavy atom. The maximum absolute atomic E-state index is 12.2. The van der Waals surface area contributed by atoms with Gasteiger partial charge in [-0.25, -0.2) is 4.79 Å². The first-order chi connectivity index (χ1) is 9.06. The van der Waals surface area contributed by atoms with Gasteiger partial charge in [-0.3, -0.25) is 13.9 Å². The maximum atomic E-state index is 12.2. The van der Waals surface area contributed by atoms with Crippen molar-refractivity contribution in [3.63, 3.8) is 0 Å². The summed E-state index contributed by atoms with van der Waals surface area (Å²) in [7, 11) is 0. The molecule has 2 aromatic rings. The molecule has 0 aliphatic heterocycles. The van der Waals surface area contributed by atoms with Crippen LogP contribution in [0.4, 0.5) is 0 Å². The van der Waals surface area contributed by atoms with Crippen LogP contribution in [0.1, 0.15) is 29.2 Å². The Balaban J connectivity index is 1.83. The van der Waals surface area contributed by atoms with Crippen LogP contribution < -0.4 is 5.69 Å². The molecule has 0 bridgehead atoms. The number of carbonyl (C=O) groups excluding carboxylic acids is 1. The van der Waals surface area contributed by atoms with E-state index in [2.05, 4.69) is 31.9 Å². The first-order valence-electron chi connectivity index (χ1n) is 5.81. The lowest BCUT2D eigenvalue weighted by atomic mass is 10.2. The molecule has 100 valence electrons. The number of thiophene rings is 1. The smallest absolute Gasteiger partial charge is 0.296 e. The molecule has 0 atom stereocenters. The van der Waals surface area contributed by atoms with E-state index >= 15 is 0 Å². The fourth-order valence-corrected chi connectivity index (χ4v) is 4.80. The largest absolute Gasteiger partial charge is 0.328 e. The first-order valence-corrected chi connectivity index (χ1v) is 8.22. The average Bonchev–Trinajstić information content (AvgIpc) is 3.05. The predicted molar refractivity (Wildman–Crippen MR) is 81.0 cm³/mol. The van der Waals surface area contributed by atoms with Crippen molar-refractivity contribution in [3.05, 3.63) is 42.1 Å². The van der Waals surface area contributed by atoms with E-state index in [0.29, 0.717) is 11.6 Å². The zero-order chi connectivity index (χ0) is 13.6. The van der Waals surface area contributed by atoms with Gasteiger partial charge in [0.25, 0.3) is 0 Å². The number of ketones is 1. The number of carbonyl (C=O) groups is 1. The molecular formula is C12H10Br2N2O2S. The lowest BCUT2D eigenvalue weighted by Crippen LogP contribution is -2.26. The fourth-order valence-electron chi connectivity index (χ4n) is 1.95. The van der Waals surface area contributed by atoms with Crippen molar-refractivity contribution < 1.29 is 4.79 Å². The molecule has 2 heterocycles. The maximum Gasteiger partial charge on any atom is 0.328 e. The molecule has 2 aromatic heterocycles. The summed E-state index contributed by atoms with van der Waals surface area (Å²) in [5.41, 5.74) is 0.518. The van der Waals surface area contributed by atoms with Gasteiger partial charge in [-0.2, -0.15) is 0 Å². The molecular weight excluding hydrogens is 396 g/mol. The average molecular weight is 406 g/mol. The third-order valence-electron chi connectivity index (χ3n) is 3.09. The second-order valence-electron chi connectivity index (χ2n) is 4.51. The van der Waals surface area contributed by atoms with Gasteiger partial charge in [0.05, 0.1) is 14.1 Å². The quantitative estimate of drug-likeness (QED) is 0.731. The zero-order valence-electron chi connectivity index (χ0n) is 9.81. The zero-order valence-corrected chi connectivity index (χ0v) is 13.8. The molecule has 0 radical (unpaired) electrons. The number of hydrogen-bond donors (Lipinski definition) is 0. The molecule has 7 heteroatoms. The van der Waals surface area contributed by atoms with Gasteiger partial charge >= 0.3 is 5.69 Å². The van der Waals surface area contributed by atoms with Crippen LogP contribution in [-0.4, -0.2) is 14.9 Å². The Bertz CT molecular complexity index is 697. The molecule has 1 aliphatic rings. The molecule has 0 N–H and O–H groups in total. The Kier molecular flexibility index (Phi) is 3.53. The van der Waals surface area contributed by atoms with Crippen LogP contribution in [0.3, 0.4) is 0 Å². The number of aromatic nitrogens is 2. The van der Waals surface area contributed by atoms with Crippen molar-refractivity contribution in [1.82, 2.24) is 9.13 Å². The number of rotatable bonds is 4. The van der Waals surface area contributed by atoms with Crippen LogP contribution in [0.25, 0.3) is 0 Å². The molecule has 1 saturated carbocycles. The van der Waals surface area contributed by atoms with Gasteiger partial charge in [0.15, 0.2) is 5.78 Å². The Labute approximate surface area is 130 Å². The summed E-state index contributed by atoms with van der Waals surface area (Å²) in [6.45, 7) is 0.0837. The van der Waals surface area contributed by atoms with E-state index in [9.17, 15) is 9.59 Å². The van der Waals surface area contributed by atoms with Gasteiger partial charge in [-0.1, -0.05) is 0 Å². The summed E-state index contributed by atoms with van der Waals surface area (Å²) in [6.07, 6.45) is 5.57. The number of halogens is 2. The fraction of sp³-hybridized carbons (Fsp3) is 0.333. The highest BCUT2D eigenvalue weighted by Crippen LogP contribution is 2.33. The Hall–Kier alpha value is -0.660. The standard InChI is InChI=1S/C12H10Br2N2O2S/c13-10-5-8(11(14)19-10)9(17)6-15-3-4-16(12(15)18)7-1-2-7/h3-5,7H,1-2,6H2. The van der Waals surface area contributed by atoms with Gasteiger partial charge in [0.1, 0.15) is 0 Å². The molecule has 0 amide bonds. The lowest BCUT2D eigenvalue weighted by molar-refractivity contribution is 0.0970. The summed E-state index contributed by atoms with van der Waals surface area (Å²) >= 11 is 8.16. The first kappa shape index (κ1) is 13.3. The SMILES string of the molecule is O=C(Cn1ccn(C2CC2)c1=O)c1cc(Br)sc1Br.